The van der Waals surface area contributed by atoms with E-state index in [1.54, 1.807) is 24.3 Å². The van der Waals surface area contributed by atoms with Crippen molar-refractivity contribution in [1.82, 2.24) is 9.47 Å². The molecule has 0 unspecified atom stereocenters. The van der Waals surface area contributed by atoms with Gasteiger partial charge >= 0.3 is 0 Å². The van der Waals surface area contributed by atoms with Crippen LogP contribution in [0, 0.1) is 5.92 Å². The summed E-state index contributed by atoms with van der Waals surface area (Å²) in [7, 11) is 0. The highest BCUT2D eigenvalue weighted by Gasteiger charge is 2.36. The molecule has 1 aromatic heterocycles. The van der Waals surface area contributed by atoms with E-state index in [0.29, 0.717) is 31.1 Å². The zero-order chi connectivity index (χ0) is 18.1. The Bertz CT molecular complexity index is 888. The van der Waals surface area contributed by atoms with Crippen molar-refractivity contribution >= 4 is 11.7 Å². The minimum Gasteiger partial charge on any atom is -0.342 e. The van der Waals surface area contributed by atoms with Crippen molar-refractivity contribution in [3.8, 4) is 0 Å². The first kappa shape index (κ1) is 16.8. The Morgan fingerprint density at radius 2 is 1.73 bits per heavy atom. The van der Waals surface area contributed by atoms with Crippen molar-refractivity contribution in [3.05, 3.63) is 70.1 Å². The minimum atomic E-state index is 0.00746. The number of carbonyl (C=O) groups is 2. The normalized spacial score (nSPS) is 21.2. The SMILES string of the molecule is O=C(CCC(=O)N1C[C@@H]2C[C@@H](C1)c1cccc(=O)n1C2)c1ccccc1. The third-order valence-corrected chi connectivity index (χ3v) is 5.49. The molecule has 2 aliphatic heterocycles. The van der Waals surface area contributed by atoms with E-state index in [1.165, 1.54) is 0 Å². The monoisotopic (exact) mass is 350 g/mol. The highest BCUT2D eigenvalue weighted by Crippen LogP contribution is 2.35. The van der Waals surface area contributed by atoms with Gasteiger partial charge in [-0.3, -0.25) is 14.4 Å². The van der Waals surface area contributed by atoms with Crippen LogP contribution in [-0.2, 0) is 11.3 Å². The molecule has 1 saturated heterocycles. The van der Waals surface area contributed by atoms with Crippen LogP contribution in [-0.4, -0.2) is 34.2 Å². The molecule has 1 fully saturated rings. The van der Waals surface area contributed by atoms with Crippen LogP contribution >= 0.6 is 0 Å². The fourth-order valence-electron chi connectivity index (χ4n) is 4.25. The average Bonchev–Trinajstić information content (AvgIpc) is 2.67. The van der Waals surface area contributed by atoms with Crippen molar-refractivity contribution in [3.63, 3.8) is 0 Å². The lowest BCUT2D eigenvalue weighted by molar-refractivity contribution is -0.133. The van der Waals surface area contributed by atoms with Crippen molar-refractivity contribution in [2.45, 2.75) is 31.7 Å². The van der Waals surface area contributed by atoms with Gasteiger partial charge in [0, 0.05) is 55.7 Å². The number of rotatable bonds is 4. The Morgan fingerprint density at radius 1 is 0.923 bits per heavy atom. The van der Waals surface area contributed by atoms with Crippen LogP contribution in [0.1, 0.15) is 41.2 Å². The lowest BCUT2D eigenvalue weighted by Gasteiger charge is -2.42. The molecule has 26 heavy (non-hydrogen) atoms. The molecule has 2 bridgehead atoms. The Kier molecular flexibility index (Phi) is 4.45. The van der Waals surface area contributed by atoms with Gasteiger partial charge in [-0.25, -0.2) is 0 Å². The summed E-state index contributed by atoms with van der Waals surface area (Å²) >= 11 is 0. The van der Waals surface area contributed by atoms with E-state index in [0.717, 1.165) is 12.1 Å². The highest BCUT2D eigenvalue weighted by atomic mass is 16.2. The van der Waals surface area contributed by atoms with Gasteiger partial charge in [-0.15, -0.1) is 0 Å². The second-order valence-electron chi connectivity index (χ2n) is 7.29. The minimum absolute atomic E-state index is 0.00746. The molecule has 5 heteroatoms. The standard InChI is InChI=1S/C21H22N2O3/c24-19(16-5-2-1-3-6-16)9-10-20(25)22-12-15-11-17(14-22)18-7-4-8-21(26)23(18)13-15/h1-8,15,17H,9-14H2/t15-,17-/m0/s1. The van der Waals surface area contributed by atoms with E-state index >= 15 is 0 Å². The van der Waals surface area contributed by atoms with Crippen molar-refractivity contribution in [2.75, 3.05) is 13.1 Å². The van der Waals surface area contributed by atoms with Crippen LogP contribution in [0.2, 0.25) is 0 Å². The van der Waals surface area contributed by atoms with E-state index in [9.17, 15) is 14.4 Å². The summed E-state index contributed by atoms with van der Waals surface area (Å²) in [6, 6.07) is 14.5. The lowest BCUT2D eigenvalue weighted by Crippen LogP contribution is -2.49. The topological polar surface area (TPSA) is 59.4 Å². The van der Waals surface area contributed by atoms with E-state index in [-0.39, 0.29) is 36.0 Å². The molecule has 2 aliphatic rings. The first-order valence-electron chi connectivity index (χ1n) is 9.17. The third kappa shape index (κ3) is 3.21. The predicted molar refractivity (Wildman–Crippen MR) is 98.1 cm³/mol. The molecule has 0 saturated carbocycles. The van der Waals surface area contributed by atoms with Crippen LogP contribution in [0.5, 0.6) is 0 Å². The number of fused-ring (bicyclic) bond motifs is 4. The number of piperidine rings is 1. The molecule has 134 valence electrons. The third-order valence-electron chi connectivity index (χ3n) is 5.49. The van der Waals surface area contributed by atoms with E-state index < -0.39 is 0 Å². The first-order chi connectivity index (χ1) is 12.6. The Hall–Kier alpha value is -2.69. The van der Waals surface area contributed by atoms with Gasteiger partial charge in [-0.2, -0.15) is 0 Å². The molecule has 0 radical (unpaired) electrons. The Morgan fingerprint density at radius 3 is 2.54 bits per heavy atom. The maximum Gasteiger partial charge on any atom is 0.250 e. The van der Waals surface area contributed by atoms with E-state index in [2.05, 4.69) is 0 Å². The summed E-state index contributed by atoms with van der Waals surface area (Å²) < 4.78 is 1.86. The summed E-state index contributed by atoms with van der Waals surface area (Å²) in [6.07, 6.45) is 1.51. The molecule has 0 N–H and O–H groups in total. The maximum atomic E-state index is 12.6. The summed E-state index contributed by atoms with van der Waals surface area (Å²) in [5, 5.41) is 0. The number of amides is 1. The highest BCUT2D eigenvalue weighted by molar-refractivity contribution is 5.97. The van der Waals surface area contributed by atoms with Crippen LogP contribution in [0.25, 0.3) is 0 Å². The maximum absolute atomic E-state index is 12.6. The van der Waals surface area contributed by atoms with Crippen LogP contribution in [0.3, 0.4) is 0 Å². The number of pyridine rings is 1. The van der Waals surface area contributed by atoms with Crippen molar-refractivity contribution < 1.29 is 9.59 Å². The van der Waals surface area contributed by atoms with Crippen LogP contribution in [0.4, 0.5) is 0 Å². The number of carbonyl (C=O) groups excluding carboxylic acids is 2. The summed E-state index contributed by atoms with van der Waals surface area (Å²) in [4.78, 5) is 38.8. The van der Waals surface area contributed by atoms with Crippen molar-refractivity contribution in [2.24, 2.45) is 5.92 Å². The number of nitrogens with zero attached hydrogens (tertiary/aromatic N) is 2. The fourth-order valence-corrected chi connectivity index (χ4v) is 4.25. The molecule has 1 aromatic carbocycles. The number of hydrogen-bond donors (Lipinski definition) is 0. The first-order valence-corrected chi connectivity index (χ1v) is 9.17. The second kappa shape index (κ2) is 6.90. The molecule has 0 spiro atoms. The zero-order valence-corrected chi connectivity index (χ0v) is 14.6. The Labute approximate surface area is 152 Å². The molecular weight excluding hydrogens is 328 g/mol. The molecule has 0 aliphatic carbocycles. The molecule has 2 aromatic rings. The summed E-state index contributed by atoms with van der Waals surface area (Å²) in [6.45, 7) is 1.99. The van der Waals surface area contributed by atoms with Gasteiger partial charge in [0.1, 0.15) is 0 Å². The Balaban J connectivity index is 1.41. The molecule has 2 atom stereocenters. The molecule has 4 rings (SSSR count). The molecule has 3 heterocycles. The van der Waals surface area contributed by atoms with Gasteiger partial charge in [0.25, 0.3) is 5.56 Å². The van der Waals surface area contributed by atoms with Gasteiger partial charge < -0.3 is 9.47 Å². The largest absolute Gasteiger partial charge is 0.342 e. The van der Waals surface area contributed by atoms with Gasteiger partial charge in [0.2, 0.25) is 5.91 Å². The summed E-state index contributed by atoms with van der Waals surface area (Å²) in [5.74, 6) is 0.573. The molecule has 1 amide bonds. The number of ketones is 1. The number of Topliss-reactive ketones (excluding diaryl/α,β-unsaturated/α-hetero) is 1. The summed E-state index contributed by atoms with van der Waals surface area (Å²) in [5.41, 5.74) is 1.74. The number of hydrogen-bond acceptors (Lipinski definition) is 3. The quantitative estimate of drug-likeness (QED) is 0.796. The lowest BCUT2D eigenvalue weighted by atomic mass is 9.83. The van der Waals surface area contributed by atoms with Crippen molar-refractivity contribution in [1.29, 1.82) is 0 Å². The van der Waals surface area contributed by atoms with E-state index in [1.807, 2.05) is 33.7 Å². The second-order valence-corrected chi connectivity index (χ2v) is 7.29. The van der Waals surface area contributed by atoms with Crippen LogP contribution < -0.4 is 5.56 Å². The average molecular weight is 350 g/mol. The predicted octanol–water partition coefficient (Wildman–Crippen LogP) is 2.46. The van der Waals surface area contributed by atoms with Gasteiger partial charge in [-0.1, -0.05) is 36.4 Å². The van der Waals surface area contributed by atoms with Gasteiger partial charge in [0.05, 0.1) is 0 Å². The number of benzene rings is 1. The molecule has 5 nitrogen and oxygen atoms in total. The zero-order valence-electron chi connectivity index (χ0n) is 14.6. The van der Waals surface area contributed by atoms with Gasteiger partial charge in [0.15, 0.2) is 5.78 Å². The number of likely N-dealkylation sites (tertiary alicyclic amines) is 1. The van der Waals surface area contributed by atoms with Gasteiger partial charge in [-0.05, 0) is 18.4 Å². The number of aromatic nitrogens is 1. The smallest absolute Gasteiger partial charge is 0.250 e. The fraction of sp³-hybridized carbons (Fsp3) is 0.381. The van der Waals surface area contributed by atoms with E-state index in [4.69, 9.17) is 0 Å². The van der Waals surface area contributed by atoms with Crippen LogP contribution in [0.15, 0.2) is 53.3 Å². The molecular formula is C21H22N2O3.